The number of aryl methyl sites for hydroxylation is 2. The Morgan fingerprint density at radius 3 is 2.44 bits per heavy atom. The molecule has 0 saturated carbocycles. The number of ketones is 1. The van der Waals surface area contributed by atoms with Crippen molar-refractivity contribution in [3.05, 3.63) is 53.9 Å². The third-order valence-corrected chi connectivity index (χ3v) is 7.61. The van der Waals surface area contributed by atoms with Crippen molar-refractivity contribution in [1.29, 1.82) is 0 Å². The zero-order valence-corrected chi connectivity index (χ0v) is 20.0. The second-order valence-electron chi connectivity index (χ2n) is 7.34. The van der Waals surface area contributed by atoms with E-state index in [1.165, 1.54) is 26.2 Å². The molecule has 0 bridgehead atoms. The number of ether oxygens (including phenoxy) is 1. The van der Waals surface area contributed by atoms with E-state index in [1.54, 1.807) is 37.0 Å². The summed E-state index contributed by atoms with van der Waals surface area (Å²) in [5.41, 5.74) is 1.78. The molecule has 0 radical (unpaired) electrons. The van der Waals surface area contributed by atoms with E-state index in [1.807, 2.05) is 23.0 Å². The Morgan fingerprint density at radius 2 is 1.81 bits per heavy atom. The first-order valence-electron chi connectivity index (χ1n) is 9.84. The van der Waals surface area contributed by atoms with Crippen LogP contribution in [0, 0.1) is 0 Å². The first-order chi connectivity index (χ1) is 15.1. The lowest BCUT2D eigenvalue weighted by atomic mass is 10.1. The van der Waals surface area contributed by atoms with Gasteiger partial charge in [0.2, 0.25) is 10.0 Å². The molecule has 0 aliphatic carbocycles. The summed E-state index contributed by atoms with van der Waals surface area (Å²) in [6, 6.07) is 11.9. The van der Waals surface area contributed by atoms with Gasteiger partial charge < -0.3 is 9.30 Å². The molecule has 0 N–H and O–H groups in total. The van der Waals surface area contributed by atoms with Gasteiger partial charge in [0.25, 0.3) is 0 Å². The molecule has 0 aliphatic heterocycles. The van der Waals surface area contributed by atoms with Crippen molar-refractivity contribution in [2.24, 2.45) is 7.05 Å². The van der Waals surface area contributed by atoms with E-state index in [2.05, 4.69) is 4.98 Å². The van der Waals surface area contributed by atoms with Crippen LogP contribution in [0.2, 0.25) is 0 Å². The number of fused-ring (bicyclic) bond motifs is 1. The van der Waals surface area contributed by atoms with Gasteiger partial charge in [0.1, 0.15) is 5.82 Å². The van der Waals surface area contributed by atoms with Crippen LogP contribution in [-0.4, -0.2) is 61.0 Å². The Labute approximate surface area is 191 Å². The standard InChI is InChI=1S/C22H25N3O5S2/c1-24(2)32(28,29)17-9-10-19-18(13-17)23-21(25(19)3)11-12-22(27)30-14-20(26)15-5-7-16(31-4)8-6-15/h5-10,13H,11-12,14H2,1-4H3. The lowest BCUT2D eigenvalue weighted by Crippen LogP contribution is -2.22. The number of Topliss-reactive ketones (excluding diaryl/α,β-unsaturated/α-hetero) is 1. The van der Waals surface area contributed by atoms with Crippen LogP contribution >= 0.6 is 11.8 Å². The normalized spacial score (nSPS) is 11.8. The van der Waals surface area contributed by atoms with Gasteiger partial charge in [0.05, 0.1) is 22.3 Å². The fraction of sp³-hybridized carbons (Fsp3) is 0.318. The fourth-order valence-electron chi connectivity index (χ4n) is 3.12. The molecule has 10 heteroatoms. The second kappa shape index (κ2) is 9.85. The lowest BCUT2D eigenvalue weighted by molar-refractivity contribution is -0.142. The average Bonchev–Trinajstić information content (AvgIpc) is 3.10. The SMILES string of the molecule is CSc1ccc(C(=O)COC(=O)CCc2nc3cc(S(=O)(=O)N(C)C)ccc3n2C)cc1. The molecule has 1 heterocycles. The van der Waals surface area contributed by atoms with Crippen LogP contribution in [0.3, 0.4) is 0 Å². The molecule has 0 unspecified atom stereocenters. The summed E-state index contributed by atoms with van der Waals surface area (Å²) in [6.07, 6.45) is 2.31. The maximum atomic E-state index is 12.3. The third-order valence-electron chi connectivity index (χ3n) is 5.05. The lowest BCUT2D eigenvalue weighted by Gasteiger charge is -2.10. The summed E-state index contributed by atoms with van der Waals surface area (Å²) in [7, 11) is 1.18. The van der Waals surface area contributed by atoms with Crippen molar-refractivity contribution in [2.45, 2.75) is 22.6 Å². The van der Waals surface area contributed by atoms with Gasteiger partial charge in [0, 0.05) is 38.0 Å². The van der Waals surface area contributed by atoms with E-state index >= 15 is 0 Å². The number of carbonyl (C=O) groups excluding carboxylic acids is 2. The Bertz CT molecular complexity index is 1250. The molecule has 32 heavy (non-hydrogen) atoms. The van der Waals surface area contributed by atoms with E-state index in [0.29, 0.717) is 23.3 Å². The topological polar surface area (TPSA) is 98.6 Å². The highest BCUT2D eigenvalue weighted by Crippen LogP contribution is 2.22. The molecular weight excluding hydrogens is 450 g/mol. The number of imidazole rings is 1. The fourth-order valence-corrected chi connectivity index (χ4v) is 4.45. The van der Waals surface area contributed by atoms with E-state index in [9.17, 15) is 18.0 Å². The Kier molecular flexibility index (Phi) is 7.37. The van der Waals surface area contributed by atoms with E-state index < -0.39 is 16.0 Å². The van der Waals surface area contributed by atoms with Gasteiger partial charge in [-0.2, -0.15) is 0 Å². The zero-order valence-electron chi connectivity index (χ0n) is 18.4. The van der Waals surface area contributed by atoms with Crippen LogP contribution in [0.1, 0.15) is 22.6 Å². The van der Waals surface area contributed by atoms with Crippen molar-refractivity contribution >= 4 is 44.6 Å². The number of sulfonamides is 1. The quantitative estimate of drug-likeness (QED) is 0.267. The molecule has 0 amide bonds. The summed E-state index contributed by atoms with van der Waals surface area (Å²) >= 11 is 1.58. The van der Waals surface area contributed by atoms with Crippen LogP contribution in [0.4, 0.5) is 0 Å². The van der Waals surface area contributed by atoms with Gasteiger partial charge >= 0.3 is 5.97 Å². The zero-order chi connectivity index (χ0) is 23.5. The van der Waals surface area contributed by atoms with Gasteiger partial charge in [-0.1, -0.05) is 12.1 Å². The minimum absolute atomic E-state index is 0.0543. The molecule has 0 aliphatic rings. The molecule has 3 rings (SSSR count). The second-order valence-corrected chi connectivity index (χ2v) is 10.4. The molecule has 0 spiro atoms. The number of aromatic nitrogens is 2. The highest BCUT2D eigenvalue weighted by atomic mass is 32.2. The van der Waals surface area contributed by atoms with E-state index in [0.717, 1.165) is 14.7 Å². The van der Waals surface area contributed by atoms with Crippen LogP contribution in [0.25, 0.3) is 11.0 Å². The summed E-state index contributed by atoms with van der Waals surface area (Å²) in [5.74, 6) is -0.138. The number of benzene rings is 2. The first kappa shape index (κ1) is 24.0. The van der Waals surface area contributed by atoms with Crippen molar-refractivity contribution in [3.8, 4) is 0 Å². The monoisotopic (exact) mass is 475 g/mol. The molecule has 0 saturated heterocycles. The Morgan fingerprint density at radius 1 is 1.12 bits per heavy atom. The van der Waals surface area contributed by atoms with Crippen molar-refractivity contribution in [3.63, 3.8) is 0 Å². The minimum Gasteiger partial charge on any atom is -0.457 e. The molecule has 8 nitrogen and oxygen atoms in total. The third kappa shape index (κ3) is 5.20. The number of esters is 1. The smallest absolute Gasteiger partial charge is 0.306 e. The Balaban J connectivity index is 1.62. The molecule has 170 valence electrons. The van der Waals surface area contributed by atoms with Gasteiger partial charge in [-0.25, -0.2) is 17.7 Å². The number of rotatable bonds is 9. The number of nitrogens with zero attached hydrogens (tertiary/aromatic N) is 3. The molecule has 0 atom stereocenters. The average molecular weight is 476 g/mol. The van der Waals surface area contributed by atoms with Crippen molar-refractivity contribution < 1.29 is 22.7 Å². The maximum Gasteiger partial charge on any atom is 0.306 e. The largest absolute Gasteiger partial charge is 0.457 e. The number of hydrogen-bond acceptors (Lipinski definition) is 7. The van der Waals surface area contributed by atoms with Crippen molar-refractivity contribution in [2.75, 3.05) is 27.0 Å². The molecular formula is C22H25N3O5S2. The summed E-state index contributed by atoms with van der Waals surface area (Å²) in [6.45, 7) is -0.314. The summed E-state index contributed by atoms with van der Waals surface area (Å²) in [5, 5.41) is 0. The van der Waals surface area contributed by atoms with Gasteiger partial charge in [-0.3, -0.25) is 9.59 Å². The Hall–Kier alpha value is -2.69. The molecule has 2 aromatic carbocycles. The first-order valence-corrected chi connectivity index (χ1v) is 12.5. The van der Waals surface area contributed by atoms with Crippen LogP contribution in [0.5, 0.6) is 0 Å². The van der Waals surface area contributed by atoms with E-state index in [4.69, 9.17) is 4.74 Å². The molecule has 1 aromatic heterocycles. The minimum atomic E-state index is -3.56. The van der Waals surface area contributed by atoms with Gasteiger partial charge in [-0.05, 0) is 36.6 Å². The van der Waals surface area contributed by atoms with Gasteiger partial charge in [-0.15, -0.1) is 11.8 Å². The van der Waals surface area contributed by atoms with Crippen molar-refractivity contribution in [1.82, 2.24) is 13.9 Å². The highest BCUT2D eigenvalue weighted by Gasteiger charge is 2.19. The van der Waals surface area contributed by atoms with Crippen LogP contribution in [0.15, 0.2) is 52.3 Å². The summed E-state index contributed by atoms with van der Waals surface area (Å²) in [4.78, 5) is 30.0. The maximum absolute atomic E-state index is 12.3. The number of hydrogen-bond donors (Lipinski definition) is 0. The predicted octanol–water partition coefficient (Wildman–Crippen LogP) is 2.90. The highest BCUT2D eigenvalue weighted by molar-refractivity contribution is 7.98. The molecule has 3 aromatic rings. The number of thioether (sulfide) groups is 1. The molecule has 0 fully saturated rings. The summed E-state index contributed by atoms with van der Waals surface area (Å²) < 4.78 is 32.8. The van der Waals surface area contributed by atoms with E-state index in [-0.39, 0.29) is 23.7 Å². The van der Waals surface area contributed by atoms with Crippen LogP contribution in [-0.2, 0) is 33.0 Å². The van der Waals surface area contributed by atoms with Crippen LogP contribution < -0.4 is 0 Å². The number of carbonyl (C=O) groups is 2. The predicted molar refractivity (Wildman–Crippen MR) is 123 cm³/mol. The van der Waals surface area contributed by atoms with Gasteiger partial charge in [0.15, 0.2) is 12.4 Å².